The van der Waals surface area contributed by atoms with E-state index in [1.807, 2.05) is 6.92 Å². The molecular formula is C12H22O3. The largest absolute Gasteiger partial charge is 0.481 e. The van der Waals surface area contributed by atoms with E-state index in [0.717, 1.165) is 25.7 Å². The highest BCUT2D eigenvalue weighted by molar-refractivity contribution is 5.71. The Morgan fingerprint density at radius 2 is 1.93 bits per heavy atom. The average Bonchev–Trinajstić information content (AvgIpc) is 2.18. The minimum absolute atomic E-state index is 0.159. The summed E-state index contributed by atoms with van der Waals surface area (Å²) in [5, 5.41) is 19.4. The molecule has 88 valence electrons. The van der Waals surface area contributed by atoms with E-state index in [1.165, 1.54) is 6.42 Å². The Balaban J connectivity index is 2.76. The van der Waals surface area contributed by atoms with Crippen LogP contribution in [0.1, 0.15) is 52.4 Å². The number of carboxylic acids is 1. The lowest BCUT2D eigenvalue weighted by atomic mass is 9.71. The Morgan fingerprint density at radius 1 is 1.40 bits per heavy atom. The molecule has 2 N–H and O–H groups in total. The van der Waals surface area contributed by atoms with Crippen LogP contribution in [0.2, 0.25) is 0 Å². The first kappa shape index (κ1) is 12.5. The molecule has 0 aromatic heterocycles. The van der Waals surface area contributed by atoms with Gasteiger partial charge in [0.1, 0.15) is 0 Å². The molecule has 0 saturated heterocycles. The van der Waals surface area contributed by atoms with Gasteiger partial charge in [-0.15, -0.1) is 0 Å². The van der Waals surface area contributed by atoms with Crippen LogP contribution in [0.5, 0.6) is 0 Å². The summed E-state index contributed by atoms with van der Waals surface area (Å²) in [4.78, 5) is 11.2. The van der Waals surface area contributed by atoms with Gasteiger partial charge in [0.25, 0.3) is 0 Å². The van der Waals surface area contributed by atoms with Crippen molar-refractivity contribution < 1.29 is 15.0 Å². The summed E-state index contributed by atoms with van der Waals surface area (Å²) >= 11 is 0. The second kappa shape index (κ2) is 4.97. The molecule has 1 aliphatic rings. The second-order valence-corrected chi connectivity index (χ2v) is 4.92. The maximum absolute atomic E-state index is 11.2. The number of carbonyl (C=O) groups is 1. The Kier molecular flexibility index (Phi) is 4.14. The maximum Gasteiger partial charge on any atom is 0.309 e. The molecule has 1 saturated carbocycles. The predicted octanol–water partition coefficient (Wildman–Crippen LogP) is 2.43. The van der Waals surface area contributed by atoms with Crippen molar-refractivity contribution in [2.45, 2.75) is 58.0 Å². The first-order valence-corrected chi connectivity index (χ1v) is 5.94. The fourth-order valence-corrected chi connectivity index (χ4v) is 2.66. The van der Waals surface area contributed by atoms with E-state index in [1.54, 1.807) is 6.92 Å². The first-order chi connectivity index (χ1) is 6.99. The third-order valence-corrected chi connectivity index (χ3v) is 3.77. The van der Waals surface area contributed by atoms with E-state index < -0.39 is 17.5 Å². The van der Waals surface area contributed by atoms with Crippen LogP contribution in [-0.4, -0.2) is 21.8 Å². The van der Waals surface area contributed by atoms with Crippen molar-refractivity contribution in [2.75, 3.05) is 0 Å². The highest BCUT2D eigenvalue weighted by Crippen LogP contribution is 2.37. The zero-order chi connectivity index (χ0) is 11.5. The maximum atomic E-state index is 11.2. The number of hydrogen-bond acceptors (Lipinski definition) is 2. The second-order valence-electron chi connectivity index (χ2n) is 4.92. The molecule has 3 heteroatoms. The zero-order valence-electron chi connectivity index (χ0n) is 9.70. The first-order valence-electron chi connectivity index (χ1n) is 5.94. The van der Waals surface area contributed by atoms with Crippen molar-refractivity contribution in [1.82, 2.24) is 0 Å². The average molecular weight is 214 g/mol. The van der Waals surface area contributed by atoms with Crippen LogP contribution in [-0.2, 0) is 4.79 Å². The number of aliphatic hydroxyl groups is 1. The van der Waals surface area contributed by atoms with Crippen LogP contribution < -0.4 is 0 Å². The normalized spacial score (nSPS) is 24.5. The molecule has 1 aliphatic carbocycles. The van der Waals surface area contributed by atoms with Gasteiger partial charge in [-0.05, 0) is 32.1 Å². The van der Waals surface area contributed by atoms with E-state index in [2.05, 4.69) is 0 Å². The summed E-state index contributed by atoms with van der Waals surface area (Å²) in [6.45, 7) is 3.50. The van der Waals surface area contributed by atoms with E-state index in [9.17, 15) is 15.0 Å². The molecular weight excluding hydrogens is 192 g/mol. The summed E-state index contributed by atoms with van der Waals surface area (Å²) in [6, 6.07) is 0. The third kappa shape index (κ3) is 2.94. The minimum Gasteiger partial charge on any atom is -0.481 e. The summed E-state index contributed by atoms with van der Waals surface area (Å²) in [5.41, 5.74) is -1.06. The molecule has 15 heavy (non-hydrogen) atoms. The zero-order valence-corrected chi connectivity index (χ0v) is 9.70. The van der Waals surface area contributed by atoms with Gasteiger partial charge in [0.2, 0.25) is 0 Å². The van der Waals surface area contributed by atoms with Crippen molar-refractivity contribution in [3.63, 3.8) is 0 Å². The lowest BCUT2D eigenvalue weighted by Crippen LogP contribution is -2.44. The minimum atomic E-state index is -1.06. The number of aliphatic carboxylic acids is 1. The molecule has 0 bridgehead atoms. The van der Waals surface area contributed by atoms with E-state index in [4.69, 9.17) is 0 Å². The van der Waals surface area contributed by atoms with Crippen molar-refractivity contribution in [3.05, 3.63) is 0 Å². The van der Waals surface area contributed by atoms with Gasteiger partial charge in [0.15, 0.2) is 0 Å². The van der Waals surface area contributed by atoms with E-state index in [-0.39, 0.29) is 5.92 Å². The van der Waals surface area contributed by atoms with Gasteiger partial charge in [-0.1, -0.05) is 26.2 Å². The van der Waals surface area contributed by atoms with Crippen molar-refractivity contribution in [1.29, 1.82) is 0 Å². The van der Waals surface area contributed by atoms with Gasteiger partial charge in [0.05, 0.1) is 11.5 Å². The molecule has 1 fully saturated rings. The molecule has 0 spiro atoms. The van der Waals surface area contributed by atoms with Gasteiger partial charge < -0.3 is 10.2 Å². The highest BCUT2D eigenvalue weighted by Gasteiger charge is 2.41. The molecule has 1 rings (SSSR count). The van der Waals surface area contributed by atoms with Gasteiger partial charge in [-0.25, -0.2) is 0 Å². The molecule has 0 aromatic carbocycles. The number of rotatable bonds is 4. The van der Waals surface area contributed by atoms with Crippen LogP contribution in [0.15, 0.2) is 0 Å². The third-order valence-electron chi connectivity index (χ3n) is 3.77. The molecule has 0 aromatic rings. The molecule has 0 heterocycles. The van der Waals surface area contributed by atoms with Gasteiger partial charge in [-0.3, -0.25) is 4.79 Å². The van der Waals surface area contributed by atoms with E-state index in [0.29, 0.717) is 6.42 Å². The Morgan fingerprint density at radius 3 is 2.33 bits per heavy atom. The molecule has 0 radical (unpaired) electrons. The number of carboxylic acid groups (broad SMARTS) is 1. The van der Waals surface area contributed by atoms with E-state index >= 15 is 0 Å². The molecule has 0 aliphatic heterocycles. The fourth-order valence-electron chi connectivity index (χ4n) is 2.66. The quantitative estimate of drug-likeness (QED) is 0.755. The van der Waals surface area contributed by atoms with Crippen LogP contribution in [0, 0.1) is 11.8 Å². The van der Waals surface area contributed by atoms with Crippen LogP contribution >= 0.6 is 0 Å². The monoisotopic (exact) mass is 214 g/mol. The standard InChI is InChI=1S/C12H22O3/c1-3-12(2,15)10(11(13)14)9-7-5-4-6-8-9/h9-10,15H,3-8H2,1-2H3,(H,13,14)/t10-,12-/m0/s1. The lowest BCUT2D eigenvalue weighted by Gasteiger charge is -2.36. The topological polar surface area (TPSA) is 57.5 Å². The fraction of sp³-hybridized carbons (Fsp3) is 0.917. The van der Waals surface area contributed by atoms with Crippen LogP contribution in [0.3, 0.4) is 0 Å². The van der Waals surface area contributed by atoms with Crippen molar-refractivity contribution in [2.24, 2.45) is 11.8 Å². The van der Waals surface area contributed by atoms with Gasteiger partial charge >= 0.3 is 5.97 Å². The van der Waals surface area contributed by atoms with Crippen LogP contribution in [0.4, 0.5) is 0 Å². The van der Waals surface area contributed by atoms with Crippen molar-refractivity contribution >= 4 is 5.97 Å². The highest BCUT2D eigenvalue weighted by atomic mass is 16.4. The molecule has 0 unspecified atom stereocenters. The summed E-state index contributed by atoms with van der Waals surface area (Å²) in [5.74, 6) is -1.28. The smallest absolute Gasteiger partial charge is 0.309 e. The SMILES string of the molecule is CC[C@](C)(O)[C@H](C(=O)O)C1CCCCC1. The summed E-state index contributed by atoms with van der Waals surface area (Å²) in [7, 11) is 0. The molecule has 2 atom stereocenters. The lowest BCUT2D eigenvalue weighted by molar-refractivity contribution is -0.156. The number of hydrogen-bond donors (Lipinski definition) is 2. The molecule has 0 amide bonds. The Hall–Kier alpha value is -0.570. The Bertz CT molecular complexity index is 217. The van der Waals surface area contributed by atoms with Gasteiger partial charge in [-0.2, -0.15) is 0 Å². The Labute approximate surface area is 91.5 Å². The predicted molar refractivity (Wildman–Crippen MR) is 58.6 cm³/mol. The van der Waals surface area contributed by atoms with Gasteiger partial charge in [0, 0.05) is 0 Å². The molecule has 3 nitrogen and oxygen atoms in total. The van der Waals surface area contributed by atoms with Crippen LogP contribution in [0.25, 0.3) is 0 Å². The summed E-state index contributed by atoms with van der Waals surface area (Å²) < 4.78 is 0. The summed E-state index contributed by atoms with van der Waals surface area (Å²) in [6.07, 6.45) is 5.82. The van der Waals surface area contributed by atoms with Crippen molar-refractivity contribution in [3.8, 4) is 0 Å².